The molecule has 0 radical (unpaired) electrons. The van der Waals surface area contributed by atoms with Crippen LogP contribution in [0, 0.1) is 11.8 Å². The predicted molar refractivity (Wildman–Crippen MR) is 66.2 cm³/mol. The highest BCUT2D eigenvalue weighted by atomic mass is 16.5. The Morgan fingerprint density at radius 3 is 2.72 bits per heavy atom. The van der Waals surface area contributed by atoms with E-state index in [2.05, 4.69) is 10.6 Å². The Morgan fingerprint density at radius 1 is 1.44 bits per heavy atom. The highest BCUT2D eigenvalue weighted by Crippen LogP contribution is 2.14. The van der Waals surface area contributed by atoms with Gasteiger partial charge >= 0.3 is 5.97 Å². The van der Waals surface area contributed by atoms with Crippen molar-refractivity contribution in [3.05, 3.63) is 0 Å². The molecule has 1 fully saturated rings. The van der Waals surface area contributed by atoms with Crippen molar-refractivity contribution in [1.29, 1.82) is 0 Å². The zero-order chi connectivity index (χ0) is 13.5. The van der Waals surface area contributed by atoms with E-state index in [0.29, 0.717) is 19.8 Å². The second-order valence-corrected chi connectivity index (χ2v) is 4.66. The lowest BCUT2D eigenvalue weighted by Gasteiger charge is -2.19. The summed E-state index contributed by atoms with van der Waals surface area (Å²) in [5.74, 6) is -1.08. The van der Waals surface area contributed by atoms with Crippen LogP contribution in [0.1, 0.15) is 19.8 Å². The molecule has 104 valence electrons. The number of amides is 1. The fourth-order valence-electron chi connectivity index (χ4n) is 2.08. The van der Waals surface area contributed by atoms with Gasteiger partial charge in [0.2, 0.25) is 5.91 Å². The van der Waals surface area contributed by atoms with Gasteiger partial charge in [0, 0.05) is 19.0 Å². The van der Waals surface area contributed by atoms with Gasteiger partial charge in [-0.3, -0.25) is 9.59 Å². The van der Waals surface area contributed by atoms with Gasteiger partial charge in [-0.1, -0.05) is 13.3 Å². The highest BCUT2D eigenvalue weighted by Gasteiger charge is 2.32. The van der Waals surface area contributed by atoms with Crippen molar-refractivity contribution in [2.24, 2.45) is 11.8 Å². The minimum Gasteiger partial charge on any atom is -0.481 e. The number of hydrogen-bond donors (Lipinski definition) is 3. The van der Waals surface area contributed by atoms with Crippen LogP contribution in [0.3, 0.4) is 0 Å². The lowest BCUT2D eigenvalue weighted by atomic mass is 10.0. The molecule has 3 N–H and O–H groups in total. The van der Waals surface area contributed by atoms with Crippen LogP contribution in [0.15, 0.2) is 0 Å². The number of nitrogens with one attached hydrogen (secondary N) is 2. The molecule has 1 saturated heterocycles. The Bertz CT molecular complexity index is 296. The monoisotopic (exact) mass is 258 g/mol. The molecule has 0 aromatic rings. The average Bonchev–Trinajstić information content (AvgIpc) is 2.81. The Hall–Kier alpha value is -1.14. The van der Waals surface area contributed by atoms with E-state index in [9.17, 15) is 9.59 Å². The van der Waals surface area contributed by atoms with Gasteiger partial charge in [0.15, 0.2) is 0 Å². The predicted octanol–water partition coefficient (Wildman–Crippen LogP) is -0.162. The van der Waals surface area contributed by atoms with E-state index in [4.69, 9.17) is 9.84 Å². The fraction of sp³-hybridized carbons (Fsp3) is 0.833. The van der Waals surface area contributed by atoms with E-state index >= 15 is 0 Å². The summed E-state index contributed by atoms with van der Waals surface area (Å²) in [5.41, 5.74) is 0. The summed E-state index contributed by atoms with van der Waals surface area (Å²) in [4.78, 5) is 22.6. The summed E-state index contributed by atoms with van der Waals surface area (Å²) >= 11 is 0. The molecule has 3 atom stereocenters. The van der Waals surface area contributed by atoms with Crippen LogP contribution in [-0.2, 0) is 14.3 Å². The molecule has 1 heterocycles. The van der Waals surface area contributed by atoms with Gasteiger partial charge in [0.1, 0.15) is 0 Å². The topological polar surface area (TPSA) is 87.7 Å². The van der Waals surface area contributed by atoms with E-state index in [0.717, 1.165) is 6.42 Å². The maximum Gasteiger partial charge on any atom is 0.303 e. The van der Waals surface area contributed by atoms with Crippen molar-refractivity contribution in [3.8, 4) is 0 Å². The summed E-state index contributed by atoms with van der Waals surface area (Å²) in [7, 11) is 1.80. The number of aliphatic carboxylic acids is 1. The van der Waals surface area contributed by atoms with Crippen molar-refractivity contribution in [1.82, 2.24) is 10.6 Å². The molecule has 0 bridgehead atoms. The first-order chi connectivity index (χ1) is 8.58. The van der Waals surface area contributed by atoms with Gasteiger partial charge in [-0.2, -0.15) is 0 Å². The van der Waals surface area contributed by atoms with E-state index in [1.165, 1.54) is 0 Å². The highest BCUT2D eigenvalue weighted by molar-refractivity contribution is 5.80. The maximum atomic E-state index is 11.9. The standard InChI is InChI=1S/C12H22N2O4/c1-3-8(4-11(15)16)5-14-12(17)9-6-18-7-10(9)13-2/h8-10,13H,3-7H2,1-2H3,(H,14,17)(H,15,16). The van der Waals surface area contributed by atoms with Crippen LogP contribution in [-0.4, -0.2) is 49.8 Å². The third kappa shape index (κ3) is 4.27. The first kappa shape index (κ1) is 14.9. The zero-order valence-electron chi connectivity index (χ0n) is 10.9. The van der Waals surface area contributed by atoms with Gasteiger partial charge in [-0.25, -0.2) is 0 Å². The SMILES string of the molecule is CCC(CNC(=O)C1COCC1NC)CC(=O)O. The van der Waals surface area contributed by atoms with Crippen molar-refractivity contribution in [3.63, 3.8) is 0 Å². The summed E-state index contributed by atoms with van der Waals surface area (Å²) in [5, 5.41) is 14.6. The van der Waals surface area contributed by atoms with Gasteiger partial charge in [0.05, 0.1) is 19.1 Å². The molecular formula is C12H22N2O4. The van der Waals surface area contributed by atoms with Gasteiger partial charge in [-0.15, -0.1) is 0 Å². The van der Waals surface area contributed by atoms with Crippen molar-refractivity contribution >= 4 is 11.9 Å². The second-order valence-electron chi connectivity index (χ2n) is 4.66. The molecule has 1 rings (SSSR count). The third-order valence-corrected chi connectivity index (χ3v) is 3.39. The molecule has 0 aliphatic carbocycles. The van der Waals surface area contributed by atoms with Crippen LogP contribution in [0.25, 0.3) is 0 Å². The Balaban J connectivity index is 2.37. The van der Waals surface area contributed by atoms with Crippen molar-refractivity contribution in [2.75, 3.05) is 26.8 Å². The second kappa shape index (κ2) is 7.33. The normalized spacial score (nSPS) is 24.8. The number of carboxylic acids is 1. The van der Waals surface area contributed by atoms with Gasteiger partial charge in [0.25, 0.3) is 0 Å². The number of carbonyl (C=O) groups excluding carboxylic acids is 1. The first-order valence-corrected chi connectivity index (χ1v) is 6.33. The minimum atomic E-state index is -0.826. The molecule has 1 aliphatic heterocycles. The molecule has 6 nitrogen and oxygen atoms in total. The Morgan fingerprint density at radius 2 is 2.17 bits per heavy atom. The van der Waals surface area contributed by atoms with Crippen LogP contribution < -0.4 is 10.6 Å². The molecule has 0 aromatic heterocycles. The quantitative estimate of drug-likeness (QED) is 0.590. The van der Waals surface area contributed by atoms with Crippen molar-refractivity contribution in [2.45, 2.75) is 25.8 Å². The smallest absolute Gasteiger partial charge is 0.303 e. The lowest BCUT2D eigenvalue weighted by molar-refractivity contribution is -0.138. The molecule has 0 aromatic carbocycles. The molecule has 3 unspecified atom stereocenters. The van der Waals surface area contributed by atoms with Crippen LogP contribution in [0.5, 0.6) is 0 Å². The lowest BCUT2D eigenvalue weighted by Crippen LogP contribution is -2.43. The Kier molecular flexibility index (Phi) is 6.07. The molecule has 1 amide bonds. The van der Waals surface area contributed by atoms with Crippen LogP contribution in [0.4, 0.5) is 0 Å². The molecule has 0 spiro atoms. The molecular weight excluding hydrogens is 236 g/mol. The number of ether oxygens (including phenoxy) is 1. The molecule has 6 heteroatoms. The van der Waals surface area contributed by atoms with E-state index < -0.39 is 5.97 Å². The van der Waals surface area contributed by atoms with E-state index in [1.54, 1.807) is 7.05 Å². The number of rotatable bonds is 7. The van der Waals surface area contributed by atoms with E-state index in [1.807, 2.05) is 6.92 Å². The third-order valence-electron chi connectivity index (χ3n) is 3.39. The minimum absolute atomic E-state index is 0.0122. The van der Waals surface area contributed by atoms with E-state index in [-0.39, 0.29) is 30.2 Å². The first-order valence-electron chi connectivity index (χ1n) is 6.33. The zero-order valence-corrected chi connectivity index (χ0v) is 10.9. The maximum absolute atomic E-state index is 11.9. The number of carbonyl (C=O) groups is 2. The summed E-state index contributed by atoms with van der Waals surface area (Å²) in [6.07, 6.45) is 0.830. The molecule has 18 heavy (non-hydrogen) atoms. The molecule has 0 saturated carbocycles. The van der Waals surface area contributed by atoms with Crippen molar-refractivity contribution < 1.29 is 19.4 Å². The number of carboxylic acid groups (broad SMARTS) is 1. The van der Waals surface area contributed by atoms with Gasteiger partial charge < -0.3 is 20.5 Å². The van der Waals surface area contributed by atoms with Crippen LogP contribution >= 0.6 is 0 Å². The summed E-state index contributed by atoms with van der Waals surface area (Å²) < 4.78 is 5.26. The summed E-state index contributed by atoms with van der Waals surface area (Å²) in [6.45, 7) is 3.30. The molecule has 1 aliphatic rings. The number of likely N-dealkylation sites (N-methyl/N-ethyl adjacent to an activating group) is 1. The van der Waals surface area contributed by atoms with Crippen LogP contribution in [0.2, 0.25) is 0 Å². The average molecular weight is 258 g/mol. The Labute approximate surface area is 107 Å². The summed E-state index contributed by atoms with van der Waals surface area (Å²) in [6, 6.07) is 0.0459. The largest absolute Gasteiger partial charge is 0.481 e. The number of hydrogen-bond acceptors (Lipinski definition) is 4. The fourth-order valence-corrected chi connectivity index (χ4v) is 2.08. The van der Waals surface area contributed by atoms with Gasteiger partial charge in [-0.05, 0) is 13.0 Å².